The van der Waals surface area contributed by atoms with Crippen molar-refractivity contribution in [2.75, 3.05) is 10.6 Å². The topological polar surface area (TPSA) is 90.7 Å². The normalized spacial score (nSPS) is 10.0. The Morgan fingerprint density at radius 1 is 1.00 bits per heavy atom. The van der Waals surface area contributed by atoms with E-state index in [0.29, 0.717) is 23.6 Å². The average molecular weight is 343 g/mol. The van der Waals surface area contributed by atoms with Crippen molar-refractivity contribution in [1.82, 2.24) is 10.2 Å². The van der Waals surface area contributed by atoms with Crippen molar-refractivity contribution >= 4 is 17.4 Å². The van der Waals surface area contributed by atoms with Crippen LogP contribution in [0.5, 0.6) is 0 Å². The molecule has 0 radical (unpaired) electrons. The van der Waals surface area contributed by atoms with E-state index < -0.39 is 0 Å². The summed E-state index contributed by atoms with van der Waals surface area (Å²) in [6.07, 6.45) is 0. The molecule has 0 aliphatic heterocycles. The van der Waals surface area contributed by atoms with Crippen molar-refractivity contribution in [1.29, 1.82) is 5.26 Å². The fourth-order valence-corrected chi connectivity index (χ4v) is 2.27. The number of nitriles is 1. The number of anilines is 2. The van der Waals surface area contributed by atoms with E-state index in [0.717, 1.165) is 5.56 Å². The lowest BCUT2D eigenvalue weighted by atomic mass is 10.1. The molecule has 0 bridgehead atoms. The highest BCUT2D eigenvalue weighted by molar-refractivity contribution is 6.02. The Kier molecular flexibility index (Phi) is 5.20. The Labute approximate surface area is 151 Å². The minimum Gasteiger partial charge on any atom is -0.365 e. The van der Waals surface area contributed by atoms with Crippen molar-refractivity contribution in [3.63, 3.8) is 0 Å². The maximum absolute atomic E-state index is 12.2. The minimum absolute atomic E-state index is 0.218. The lowest BCUT2D eigenvalue weighted by Crippen LogP contribution is -2.14. The van der Waals surface area contributed by atoms with Crippen LogP contribution in [-0.4, -0.2) is 16.1 Å². The molecule has 0 aliphatic rings. The molecule has 0 atom stereocenters. The van der Waals surface area contributed by atoms with Crippen LogP contribution in [0.1, 0.15) is 27.2 Å². The summed E-state index contributed by atoms with van der Waals surface area (Å²) in [7, 11) is 0. The lowest BCUT2D eigenvalue weighted by Gasteiger charge is -2.07. The van der Waals surface area contributed by atoms with Crippen LogP contribution in [0, 0.1) is 18.3 Å². The molecule has 6 nitrogen and oxygen atoms in total. The Balaban J connectivity index is 1.58. The van der Waals surface area contributed by atoms with Gasteiger partial charge in [0, 0.05) is 12.2 Å². The molecule has 0 aliphatic carbocycles. The van der Waals surface area contributed by atoms with Gasteiger partial charge in [0.05, 0.1) is 11.6 Å². The van der Waals surface area contributed by atoms with Crippen molar-refractivity contribution in [3.05, 3.63) is 83.0 Å². The van der Waals surface area contributed by atoms with Crippen molar-refractivity contribution in [2.45, 2.75) is 13.5 Å². The van der Waals surface area contributed by atoms with Gasteiger partial charge in [-0.25, -0.2) is 0 Å². The minimum atomic E-state index is -0.354. The van der Waals surface area contributed by atoms with Gasteiger partial charge in [-0.3, -0.25) is 4.79 Å². The fraction of sp³-hybridized carbons (Fsp3) is 0.100. The van der Waals surface area contributed by atoms with E-state index in [2.05, 4.69) is 45.1 Å². The Morgan fingerprint density at radius 2 is 1.73 bits per heavy atom. The number of hydrogen-bond donors (Lipinski definition) is 2. The van der Waals surface area contributed by atoms with Gasteiger partial charge in [0.25, 0.3) is 5.91 Å². The van der Waals surface area contributed by atoms with Gasteiger partial charge >= 0.3 is 0 Å². The first-order valence-electron chi connectivity index (χ1n) is 8.09. The molecule has 0 unspecified atom stereocenters. The number of amides is 1. The van der Waals surface area contributed by atoms with E-state index in [1.165, 1.54) is 5.56 Å². The fourth-order valence-electron chi connectivity index (χ4n) is 2.27. The van der Waals surface area contributed by atoms with Gasteiger partial charge in [-0.1, -0.05) is 29.8 Å². The first kappa shape index (κ1) is 17.1. The van der Waals surface area contributed by atoms with Crippen LogP contribution in [0.4, 0.5) is 11.5 Å². The maximum atomic E-state index is 12.2. The molecular formula is C20H17N5O. The number of aromatic nitrogens is 2. The predicted octanol–water partition coefficient (Wildman–Crippen LogP) is 3.52. The molecule has 3 rings (SSSR count). The summed E-state index contributed by atoms with van der Waals surface area (Å²) >= 11 is 0. The van der Waals surface area contributed by atoms with E-state index >= 15 is 0 Å². The molecule has 1 amide bonds. The summed E-state index contributed by atoms with van der Waals surface area (Å²) in [5, 5.41) is 22.7. The third kappa shape index (κ3) is 4.42. The molecule has 6 heteroatoms. The maximum Gasteiger partial charge on any atom is 0.276 e. The summed E-state index contributed by atoms with van der Waals surface area (Å²) < 4.78 is 0. The van der Waals surface area contributed by atoms with Gasteiger partial charge < -0.3 is 10.6 Å². The van der Waals surface area contributed by atoms with Crippen LogP contribution >= 0.6 is 0 Å². The molecule has 2 aromatic carbocycles. The van der Waals surface area contributed by atoms with E-state index in [1.807, 2.05) is 13.0 Å². The molecule has 0 saturated heterocycles. The molecule has 0 saturated carbocycles. The van der Waals surface area contributed by atoms with Crippen molar-refractivity contribution in [2.24, 2.45) is 0 Å². The summed E-state index contributed by atoms with van der Waals surface area (Å²) in [6.45, 7) is 2.68. The van der Waals surface area contributed by atoms with E-state index in [1.54, 1.807) is 36.4 Å². The second kappa shape index (κ2) is 7.90. The largest absolute Gasteiger partial charge is 0.365 e. The Hall–Kier alpha value is -3.72. The Morgan fingerprint density at radius 3 is 2.35 bits per heavy atom. The number of hydrogen-bond acceptors (Lipinski definition) is 5. The SMILES string of the molecule is Cc1ccc(CNc2ccc(C(=O)Nc3ccc(C#N)cc3)nn2)cc1. The molecule has 1 heterocycles. The van der Waals surface area contributed by atoms with Gasteiger partial charge in [0.15, 0.2) is 5.69 Å². The van der Waals surface area contributed by atoms with Gasteiger partial charge in [-0.2, -0.15) is 5.26 Å². The first-order chi connectivity index (χ1) is 12.6. The van der Waals surface area contributed by atoms with E-state index in [4.69, 9.17) is 5.26 Å². The van der Waals surface area contributed by atoms with Crippen LogP contribution in [0.3, 0.4) is 0 Å². The van der Waals surface area contributed by atoms with Crippen LogP contribution in [-0.2, 0) is 6.54 Å². The molecule has 0 spiro atoms. The lowest BCUT2D eigenvalue weighted by molar-refractivity contribution is 0.102. The first-order valence-corrected chi connectivity index (χ1v) is 8.09. The van der Waals surface area contributed by atoms with Crippen LogP contribution in [0.15, 0.2) is 60.7 Å². The zero-order valence-corrected chi connectivity index (χ0v) is 14.2. The number of carbonyl (C=O) groups is 1. The molecule has 2 N–H and O–H groups in total. The summed E-state index contributed by atoms with van der Waals surface area (Å²) in [6, 6.07) is 20.2. The zero-order valence-electron chi connectivity index (χ0n) is 14.2. The van der Waals surface area contributed by atoms with Crippen molar-refractivity contribution in [3.8, 4) is 6.07 Å². The van der Waals surface area contributed by atoms with Gasteiger partial charge in [-0.05, 0) is 48.9 Å². The van der Waals surface area contributed by atoms with Crippen molar-refractivity contribution < 1.29 is 4.79 Å². The van der Waals surface area contributed by atoms with Crippen LogP contribution in [0.2, 0.25) is 0 Å². The number of aryl methyl sites for hydroxylation is 1. The number of benzene rings is 2. The van der Waals surface area contributed by atoms with Gasteiger partial charge in [0.2, 0.25) is 0 Å². The highest BCUT2D eigenvalue weighted by Crippen LogP contribution is 2.11. The highest BCUT2D eigenvalue weighted by Gasteiger charge is 2.09. The number of rotatable bonds is 5. The third-order valence-corrected chi connectivity index (χ3v) is 3.76. The Bertz CT molecular complexity index is 926. The van der Waals surface area contributed by atoms with E-state index in [-0.39, 0.29) is 11.6 Å². The molecule has 128 valence electrons. The summed E-state index contributed by atoms with van der Waals surface area (Å²) in [5.41, 5.74) is 3.70. The molecule has 26 heavy (non-hydrogen) atoms. The highest BCUT2D eigenvalue weighted by atomic mass is 16.1. The second-order valence-electron chi connectivity index (χ2n) is 5.79. The molecular weight excluding hydrogens is 326 g/mol. The van der Waals surface area contributed by atoms with Crippen LogP contribution < -0.4 is 10.6 Å². The quantitative estimate of drug-likeness (QED) is 0.739. The van der Waals surface area contributed by atoms with Crippen LogP contribution in [0.25, 0.3) is 0 Å². The van der Waals surface area contributed by atoms with Gasteiger partial charge in [-0.15, -0.1) is 10.2 Å². The standard InChI is InChI=1S/C20H17N5O/c1-14-2-4-16(5-3-14)13-22-19-11-10-18(24-25-19)20(26)23-17-8-6-15(12-21)7-9-17/h2-11H,13H2,1H3,(H,22,25)(H,23,26). The molecule has 3 aromatic rings. The summed E-state index contributed by atoms with van der Waals surface area (Å²) in [4.78, 5) is 12.2. The predicted molar refractivity (Wildman–Crippen MR) is 99.6 cm³/mol. The molecule has 0 fully saturated rings. The zero-order chi connectivity index (χ0) is 18.4. The average Bonchev–Trinajstić information content (AvgIpc) is 2.68. The monoisotopic (exact) mass is 343 g/mol. The molecule has 1 aromatic heterocycles. The number of carbonyl (C=O) groups excluding carboxylic acids is 1. The third-order valence-electron chi connectivity index (χ3n) is 3.76. The number of nitrogens with zero attached hydrogens (tertiary/aromatic N) is 3. The second-order valence-corrected chi connectivity index (χ2v) is 5.79. The van der Waals surface area contributed by atoms with Gasteiger partial charge in [0.1, 0.15) is 5.82 Å². The van der Waals surface area contributed by atoms with E-state index in [9.17, 15) is 4.79 Å². The smallest absolute Gasteiger partial charge is 0.276 e. The summed E-state index contributed by atoms with van der Waals surface area (Å²) in [5.74, 6) is 0.243. The number of nitrogens with one attached hydrogen (secondary N) is 2.